The number of ketones is 1. The third-order valence-corrected chi connectivity index (χ3v) is 4.38. The number of carbonyl (C=O) groups excluding carboxylic acids is 1. The lowest BCUT2D eigenvalue weighted by Gasteiger charge is -2.11. The minimum absolute atomic E-state index is 0.0490. The molecule has 0 aliphatic heterocycles. The number of methoxy groups -OCH3 is 1. The van der Waals surface area contributed by atoms with Crippen LogP contribution in [0.3, 0.4) is 0 Å². The van der Waals surface area contributed by atoms with E-state index in [0.717, 1.165) is 10.9 Å². The highest BCUT2D eigenvalue weighted by Crippen LogP contribution is 2.25. The Morgan fingerprint density at radius 1 is 1.23 bits per heavy atom. The minimum Gasteiger partial charge on any atom is -0.496 e. The second-order valence-electron chi connectivity index (χ2n) is 6.04. The fourth-order valence-corrected chi connectivity index (χ4v) is 3.03. The first-order valence-corrected chi connectivity index (χ1v) is 8.13. The number of carbonyl (C=O) groups is 1. The number of furan rings is 1. The van der Waals surface area contributed by atoms with Gasteiger partial charge in [0.2, 0.25) is 5.58 Å². The standard InChI is InChI=1S/C20H16N2O4/c1-12(23)13-7-8-16(25-2)14(9-13)10-22-11-21-18-15-5-3-4-6-17(15)26-19(18)20(22)24/h3-9,11H,10H2,1-2H3. The van der Waals surface area contributed by atoms with E-state index in [4.69, 9.17) is 9.15 Å². The lowest BCUT2D eigenvalue weighted by Crippen LogP contribution is -2.21. The first-order chi connectivity index (χ1) is 12.6. The van der Waals surface area contributed by atoms with Gasteiger partial charge in [-0.3, -0.25) is 14.2 Å². The van der Waals surface area contributed by atoms with Crippen molar-refractivity contribution < 1.29 is 13.9 Å². The van der Waals surface area contributed by atoms with Crippen LogP contribution in [0.25, 0.3) is 22.1 Å². The number of ether oxygens (including phenoxy) is 1. The van der Waals surface area contributed by atoms with Crippen molar-refractivity contribution in [3.05, 3.63) is 70.3 Å². The zero-order valence-electron chi connectivity index (χ0n) is 14.4. The van der Waals surface area contributed by atoms with Crippen LogP contribution in [0.2, 0.25) is 0 Å². The first kappa shape index (κ1) is 16.1. The molecule has 0 amide bonds. The Morgan fingerprint density at radius 3 is 2.81 bits per heavy atom. The van der Waals surface area contributed by atoms with Crippen LogP contribution in [0.5, 0.6) is 5.75 Å². The Kier molecular flexibility index (Phi) is 3.80. The third kappa shape index (κ3) is 2.56. The Bertz CT molecular complexity index is 1200. The first-order valence-electron chi connectivity index (χ1n) is 8.13. The SMILES string of the molecule is COc1ccc(C(C)=O)cc1Cn1cnc2c(oc3ccccc32)c1=O. The molecule has 4 rings (SSSR count). The lowest BCUT2D eigenvalue weighted by atomic mass is 10.1. The summed E-state index contributed by atoms with van der Waals surface area (Å²) in [6.07, 6.45) is 1.49. The highest BCUT2D eigenvalue weighted by Gasteiger charge is 2.15. The summed E-state index contributed by atoms with van der Waals surface area (Å²) in [5.41, 5.74) is 2.40. The van der Waals surface area contributed by atoms with Crippen molar-refractivity contribution in [3.63, 3.8) is 0 Å². The van der Waals surface area contributed by atoms with Gasteiger partial charge in [0.05, 0.1) is 20.0 Å². The molecule has 0 fully saturated rings. The quantitative estimate of drug-likeness (QED) is 0.529. The summed E-state index contributed by atoms with van der Waals surface area (Å²) in [6, 6.07) is 12.6. The van der Waals surface area contributed by atoms with Crippen LogP contribution in [-0.4, -0.2) is 22.4 Å². The molecular formula is C20H16N2O4. The molecule has 130 valence electrons. The van der Waals surface area contributed by atoms with E-state index in [1.165, 1.54) is 17.8 Å². The fourth-order valence-electron chi connectivity index (χ4n) is 3.03. The van der Waals surface area contributed by atoms with Gasteiger partial charge >= 0.3 is 0 Å². The third-order valence-electron chi connectivity index (χ3n) is 4.38. The van der Waals surface area contributed by atoms with Crippen molar-refractivity contribution >= 4 is 27.9 Å². The number of rotatable bonds is 4. The van der Waals surface area contributed by atoms with Crippen LogP contribution in [0.4, 0.5) is 0 Å². The molecule has 0 aliphatic carbocycles. The van der Waals surface area contributed by atoms with Gasteiger partial charge in [-0.25, -0.2) is 4.98 Å². The molecule has 4 aromatic rings. The van der Waals surface area contributed by atoms with Gasteiger partial charge in [-0.05, 0) is 37.3 Å². The van der Waals surface area contributed by atoms with E-state index in [1.807, 2.05) is 18.2 Å². The van der Waals surface area contributed by atoms with Crippen molar-refractivity contribution in [2.75, 3.05) is 7.11 Å². The predicted octanol–water partition coefficient (Wildman–Crippen LogP) is 3.40. The molecule has 2 aromatic carbocycles. The Morgan fingerprint density at radius 2 is 2.04 bits per heavy atom. The maximum atomic E-state index is 12.8. The molecule has 2 heterocycles. The van der Waals surface area contributed by atoms with E-state index in [9.17, 15) is 9.59 Å². The zero-order valence-corrected chi connectivity index (χ0v) is 14.4. The molecule has 6 nitrogen and oxygen atoms in total. The topological polar surface area (TPSA) is 74.3 Å². The summed E-state index contributed by atoms with van der Waals surface area (Å²) in [5.74, 6) is 0.554. The Labute approximate surface area is 148 Å². The molecule has 0 radical (unpaired) electrons. The second-order valence-corrected chi connectivity index (χ2v) is 6.04. The summed E-state index contributed by atoms with van der Waals surface area (Å²) < 4.78 is 12.5. The van der Waals surface area contributed by atoms with Gasteiger partial charge < -0.3 is 9.15 Å². The van der Waals surface area contributed by atoms with E-state index in [0.29, 0.717) is 22.4 Å². The highest BCUT2D eigenvalue weighted by atomic mass is 16.5. The van der Waals surface area contributed by atoms with E-state index in [2.05, 4.69) is 4.98 Å². The predicted molar refractivity (Wildman–Crippen MR) is 97.9 cm³/mol. The van der Waals surface area contributed by atoms with Gasteiger partial charge in [0.25, 0.3) is 5.56 Å². The van der Waals surface area contributed by atoms with Gasteiger partial charge in [0.15, 0.2) is 5.78 Å². The van der Waals surface area contributed by atoms with Crippen molar-refractivity contribution in [3.8, 4) is 5.75 Å². The minimum atomic E-state index is -0.276. The Balaban J connectivity index is 1.84. The highest BCUT2D eigenvalue weighted by molar-refractivity contribution is 6.01. The zero-order chi connectivity index (χ0) is 18.3. The number of aromatic nitrogens is 2. The molecule has 0 saturated carbocycles. The molecule has 0 N–H and O–H groups in total. The van der Waals surface area contributed by atoms with E-state index >= 15 is 0 Å². The number of hydrogen-bond donors (Lipinski definition) is 0. The molecule has 26 heavy (non-hydrogen) atoms. The summed E-state index contributed by atoms with van der Waals surface area (Å²) in [4.78, 5) is 28.9. The summed E-state index contributed by atoms with van der Waals surface area (Å²) in [7, 11) is 1.55. The van der Waals surface area contributed by atoms with Crippen LogP contribution in [0.1, 0.15) is 22.8 Å². The number of hydrogen-bond acceptors (Lipinski definition) is 5. The van der Waals surface area contributed by atoms with Gasteiger partial charge in [-0.1, -0.05) is 12.1 Å². The Hall–Kier alpha value is -3.41. The smallest absolute Gasteiger partial charge is 0.297 e. The van der Waals surface area contributed by atoms with Crippen molar-refractivity contribution in [2.24, 2.45) is 0 Å². The van der Waals surface area contributed by atoms with Crippen molar-refractivity contribution in [1.82, 2.24) is 9.55 Å². The average molecular weight is 348 g/mol. The lowest BCUT2D eigenvalue weighted by molar-refractivity contribution is 0.101. The largest absolute Gasteiger partial charge is 0.496 e. The van der Waals surface area contributed by atoms with E-state index in [1.54, 1.807) is 31.4 Å². The van der Waals surface area contributed by atoms with Gasteiger partial charge in [0.1, 0.15) is 16.8 Å². The monoisotopic (exact) mass is 348 g/mol. The van der Waals surface area contributed by atoms with Crippen LogP contribution in [0, 0.1) is 0 Å². The normalized spacial score (nSPS) is 11.2. The fraction of sp³-hybridized carbons (Fsp3) is 0.150. The summed E-state index contributed by atoms with van der Waals surface area (Å²) in [6.45, 7) is 1.73. The number of fused-ring (bicyclic) bond motifs is 3. The van der Waals surface area contributed by atoms with Gasteiger partial charge in [0, 0.05) is 16.5 Å². The van der Waals surface area contributed by atoms with Gasteiger partial charge in [-0.15, -0.1) is 0 Å². The van der Waals surface area contributed by atoms with Crippen LogP contribution in [0.15, 0.2) is 58.0 Å². The van der Waals surface area contributed by atoms with Crippen molar-refractivity contribution in [1.29, 1.82) is 0 Å². The molecule has 2 aromatic heterocycles. The summed E-state index contributed by atoms with van der Waals surface area (Å²) in [5, 5.41) is 0.808. The maximum absolute atomic E-state index is 12.8. The molecule has 0 unspecified atom stereocenters. The van der Waals surface area contributed by atoms with Crippen molar-refractivity contribution in [2.45, 2.75) is 13.5 Å². The van der Waals surface area contributed by atoms with E-state index < -0.39 is 0 Å². The number of para-hydroxylation sites is 1. The average Bonchev–Trinajstić information content (AvgIpc) is 3.03. The van der Waals surface area contributed by atoms with Crippen LogP contribution >= 0.6 is 0 Å². The van der Waals surface area contributed by atoms with Gasteiger partial charge in [-0.2, -0.15) is 0 Å². The molecule has 0 aliphatic rings. The number of Topliss-reactive ketones (excluding diaryl/α,β-unsaturated/α-hetero) is 1. The molecule has 0 spiro atoms. The van der Waals surface area contributed by atoms with E-state index in [-0.39, 0.29) is 23.5 Å². The molecule has 0 atom stereocenters. The second kappa shape index (κ2) is 6.15. The number of benzene rings is 2. The molecule has 0 bridgehead atoms. The maximum Gasteiger partial charge on any atom is 0.297 e. The molecule has 6 heteroatoms. The molecule has 0 saturated heterocycles. The summed E-state index contributed by atoms with van der Waals surface area (Å²) >= 11 is 0. The van der Waals surface area contributed by atoms with Crippen LogP contribution < -0.4 is 10.3 Å². The molecular weight excluding hydrogens is 332 g/mol. The number of nitrogens with zero attached hydrogens (tertiary/aromatic N) is 2. The van der Waals surface area contributed by atoms with Crippen LogP contribution in [-0.2, 0) is 6.54 Å².